The second-order valence-corrected chi connectivity index (χ2v) is 5.78. The lowest BCUT2D eigenvalue weighted by Gasteiger charge is -2.13. The molecule has 3 aromatic carbocycles. The van der Waals surface area contributed by atoms with E-state index in [1.807, 2.05) is 30.3 Å². The highest BCUT2D eigenvalue weighted by atomic mass is 19.4. The lowest BCUT2D eigenvalue weighted by atomic mass is 10.0. The molecule has 3 aromatic rings. The lowest BCUT2D eigenvalue weighted by Crippen LogP contribution is -2.20. The summed E-state index contributed by atoms with van der Waals surface area (Å²) in [5.74, 6) is -1.29. The molecule has 0 radical (unpaired) electrons. The van der Waals surface area contributed by atoms with Crippen molar-refractivity contribution in [1.82, 2.24) is 0 Å². The van der Waals surface area contributed by atoms with Crippen molar-refractivity contribution in [3.05, 3.63) is 71.8 Å². The monoisotopic (exact) mass is 376 g/mol. The van der Waals surface area contributed by atoms with Crippen molar-refractivity contribution in [3.63, 3.8) is 0 Å². The van der Waals surface area contributed by atoms with Gasteiger partial charge in [-0.05, 0) is 23.8 Å². The fraction of sp³-hybridized carbons (Fsp3) is 0.150. The second-order valence-electron chi connectivity index (χ2n) is 5.78. The summed E-state index contributed by atoms with van der Waals surface area (Å²) in [6.45, 7) is -1.46. The fourth-order valence-corrected chi connectivity index (χ4v) is 2.61. The fourth-order valence-electron chi connectivity index (χ4n) is 2.61. The molecule has 0 heterocycles. The SMILES string of the molecule is O=C(OCC(F)(F)F)c1c(O)ccc2c(OCc3ccccc3)cccc12. The average molecular weight is 376 g/mol. The molecule has 0 saturated heterocycles. The Morgan fingerprint density at radius 3 is 2.37 bits per heavy atom. The van der Waals surface area contributed by atoms with Crippen LogP contribution in [0, 0.1) is 0 Å². The van der Waals surface area contributed by atoms with E-state index in [9.17, 15) is 23.1 Å². The third kappa shape index (κ3) is 4.49. The van der Waals surface area contributed by atoms with Crippen LogP contribution in [0.2, 0.25) is 0 Å². The molecule has 0 aliphatic carbocycles. The van der Waals surface area contributed by atoms with Gasteiger partial charge in [-0.15, -0.1) is 0 Å². The van der Waals surface area contributed by atoms with Gasteiger partial charge in [0.1, 0.15) is 23.7 Å². The van der Waals surface area contributed by atoms with Gasteiger partial charge >= 0.3 is 12.1 Å². The van der Waals surface area contributed by atoms with E-state index < -0.39 is 24.5 Å². The van der Waals surface area contributed by atoms with Crippen LogP contribution in [0.25, 0.3) is 10.8 Å². The Kier molecular flexibility index (Phi) is 5.21. The van der Waals surface area contributed by atoms with Gasteiger partial charge in [-0.2, -0.15) is 13.2 Å². The summed E-state index contributed by atoms with van der Waals surface area (Å²) < 4.78 is 47.0. The molecular formula is C20H15F3O4. The quantitative estimate of drug-likeness (QED) is 0.647. The minimum atomic E-state index is -4.65. The van der Waals surface area contributed by atoms with E-state index in [2.05, 4.69) is 4.74 Å². The van der Waals surface area contributed by atoms with Crippen molar-refractivity contribution in [2.45, 2.75) is 12.8 Å². The summed E-state index contributed by atoms with van der Waals surface area (Å²) in [5, 5.41) is 10.7. The summed E-state index contributed by atoms with van der Waals surface area (Å²) in [4.78, 5) is 12.1. The maximum absolute atomic E-state index is 12.3. The van der Waals surface area contributed by atoms with Crippen molar-refractivity contribution >= 4 is 16.7 Å². The normalized spacial score (nSPS) is 11.4. The van der Waals surface area contributed by atoms with E-state index in [4.69, 9.17) is 4.74 Å². The van der Waals surface area contributed by atoms with Gasteiger partial charge in [0.2, 0.25) is 0 Å². The predicted molar refractivity (Wildman–Crippen MR) is 92.7 cm³/mol. The smallest absolute Gasteiger partial charge is 0.422 e. The number of fused-ring (bicyclic) bond motifs is 1. The number of benzene rings is 3. The molecule has 0 amide bonds. The Morgan fingerprint density at radius 2 is 1.67 bits per heavy atom. The van der Waals surface area contributed by atoms with Crippen molar-refractivity contribution in [3.8, 4) is 11.5 Å². The van der Waals surface area contributed by atoms with Crippen molar-refractivity contribution < 1.29 is 32.5 Å². The Labute approximate surface area is 152 Å². The molecule has 0 aliphatic heterocycles. The van der Waals surface area contributed by atoms with Crippen LogP contribution in [-0.2, 0) is 11.3 Å². The van der Waals surface area contributed by atoms with Gasteiger partial charge in [-0.25, -0.2) is 4.79 Å². The number of hydrogen-bond donors (Lipinski definition) is 1. The van der Waals surface area contributed by atoms with E-state index >= 15 is 0 Å². The maximum atomic E-state index is 12.3. The highest BCUT2D eigenvalue weighted by Gasteiger charge is 2.31. The zero-order chi connectivity index (χ0) is 19.4. The van der Waals surface area contributed by atoms with Crippen molar-refractivity contribution in [2.24, 2.45) is 0 Å². The number of phenolic OH excluding ortho intramolecular Hbond substituents is 1. The summed E-state index contributed by atoms with van der Waals surface area (Å²) >= 11 is 0. The van der Waals surface area contributed by atoms with E-state index in [0.717, 1.165) is 5.56 Å². The van der Waals surface area contributed by atoms with E-state index in [0.29, 0.717) is 11.1 Å². The lowest BCUT2D eigenvalue weighted by molar-refractivity contribution is -0.161. The first-order valence-electron chi connectivity index (χ1n) is 8.00. The second kappa shape index (κ2) is 7.57. The Hall–Kier alpha value is -3.22. The van der Waals surface area contributed by atoms with Crippen LogP contribution >= 0.6 is 0 Å². The van der Waals surface area contributed by atoms with Crippen LogP contribution in [0.1, 0.15) is 15.9 Å². The molecular weight excluding hydrogens is 361 g/mol. The molecule has 0 saturated carbocycles. The summed E-state index contributed by atoms with van der Waals surface area (Å²) in [6.07, 6.45) is -4.65. The number of hydrogen-bond acceptors (Lipinski definition) is 4. The van der Waals surface area contributed by atoms with Crippen molar-refractivity contribution in [1.29, 1.82) is 0 Å². The molecule has 0 spiro atoms. The number of alkyl halides is 3. The Morgan fingerprint density at radius 1 is 0.926 bits per heavy atom. The minimum absolute atomic E-state index is 0.243. The highest BCUT2D eigenvalue weighted by Crippen LogP contribution is 2.34. The summed E-state index contributed by atoms with van der Waals surface area (Å²) in [5.41, 5.74) is 0.597. The minimum Gasteiger partial charge on any atom is -0.507 e. The molecule has 0 unspecified atom stereocenters. The molecule has 3 rings (SSSR count). The van der Waals surface area contributed by atoms with Crippen molar-refractivity contribution in [2.75, 3.05) is 6.61 Å². The van der Waals surface area contributed by atoms with Gasteiger partial charge in [0.15, 0.2) is 6.61 Å². The highest BCUT2D eigenvalue weighted by molar-refractivity contribution is 6.08. The standard InChI is InChI=1S/C20H15F3O4/c21-20(22,23)12-27-19(25)18-15-7-4-8-17(14(15)9-10-16(18)24)26-11-13-5-2-1-3-6-13/h1-10,24H,11-12H2. The third-order valence-electron chi connectivity index (χ3n) is 3.81. The van der Waals surface area contributed by atoms with Crippen LogP contribution in [0.5, 0.6) is 11.5 Å². The third-order valence-corrected chi connectivity index (χ3v) is 3.81. The number of esters is 1. The zero-order valence-corrected chi connectivity index (χ0v) is 14.0. The first-order chi connectivity index (χ1) is 12.8. The van der Waals surface area contributed by atoms with Gasteiger partial charge in [-0.1, -0.05) is 42.5 Å². The number of ether oxygens (including phenoxy) is 2. The largest absolute Gasteiger partial charge is 0.507 e. The van der Waals surface area contributed by atoms with E-state index in [-0.39, 0.29) is 17.6 Å². The van der Waals surface area contributed by atoms with Gasteiger partial charge in [0.25, 0.3) is 0 Å². The molecule has 4 nitrogen and oxygen atoms in total. The van der Waals surface area contributed by atoms with Crippen LogP contribution in [-0.4, -0.2) is 23.9 Å². The molecule has 0 aromatic heterocycles. The molecule has 0 atom stereocenters. The van der Waals surface area contributed by atoms with Gasteiger partial charge in [0.05, 0.1) is 0 Å². The Bertz CT molecular complexity index is 953. The van der Waals surface area contributed by atoms with Crippen LogP contribution in [0.4, 0.5) is 13.2 Å². The van der Waals surface area contributed by atoms with Crippen LogP contribution in [0.3, 0.4) is 0 Å². The molecule has 27 heavy (non-hydrogen) atoms. The topological polar surface area (TPSA) is 55.8 Å². The number of carbonyl (C=O) groups is 1. The summed E-state index contributed by atoms with van der Waals surface area (Å²) in [6, 6.07) is 16.9. The predicted octanol–water partition coefficient (Wildman–Crippen LogP) is 4.84. The van der Waals surface area contributed by atoms with E-state index in [1.54, 1.807) is 12.1 Å². The van der Waals surface area contributed by atoms with Gasteiger partial charge in [-0.3, -0.25) is 0 Å². The molecule has 1 N–H and O–H groups in total. The van der Waals surface area contributed by atoms with E-state index in [1.165, 1.54) is 18.2 Å². The first-order valence-corrected chi connectivity index (χ1v) is 8.00. The maximum Gasteiger partial charge on any atom is 0.422 e. The van der Waals surface area contributed by atoms with Crippen LogP contribution in [0.15, 0.2) is 60.7 Å². The van der Waals surface area contributed by atoms with Crippen LogP contribution < -0.4 is 4.74 Å². The number of aromatic hydroxyl groups is 1. The van der Waals surface area contributed by atoms with Gasteiger partial charge < -0.3 is 14.6 Å². The first kappa shape index (κ1) is 18.6. The number of carbonyl (C=O) groups excluding carboxylic acids is 1. The molecule has 0 aliphatic rings. The number of halogens is 3. The Balaban J connectivity index is 1.91. The average Bonchev–Trinajstić information content (AvgIpc) is 2.64. The van der Waals surface area contributed by atoms with Gasteiger partial charge in [0, 0.05) is 10.8 Å². The molecule has 0 bridgehead atoms. The summed E-state index contributed by atoms with van der Waals surface area (Å²) in [7, 11) is 0. The molecule has 0 fully saturated rings. The number of phenols is 1. The zero-order valence-electron chi connectivity index (χ0n) is 14.0. The molecule has 140 valence electrons. The number of rotatable bonds is 5. The molecule has 7 heteroatoms.